The summed E-state index contributed by atoms with van der Waals surface area (Å²) in [4.78, 5) is 2.85. The molecule has 0 saturated carbocycles. The number of thioether (sulfide) groups is 1. The summed E-state index contributed by atoms with van der Waals surface area (Å²) in [5, 5.41) is 0. The van der Waals surface area contributed by atoms with Gasteiger partial charge in [-0.25, -0.2) is 8.42 Å². The van der Waals surface area contributed by atoms with Gasteiger partial charge in [0.25, 0.3) is 0 Å². The minimum absolute atomic E-state index is 0.207. The molecule has 0 amide bonds. The Bertz CT molecular complexity index is 1010. The van der Waals surface area contributed by atoms with Gasteiger partial charge in [0, 0.05) is 16.0 Å². The van der Waals surface area contributed by atoms with Crippen LogP contribution in [0.2, 0.25) is 0 Å². The minimum Gasteiger partial charge on any atom is -0.323 e. The smallest absolute Gasteiger partial charge is 0.243 e. The molecule has 0 aromatic heterocycles. The standard InChI is InChI=1S/C24H26N2O2S2/c1-29-22-12-14-23(15-13-22)30(27,28)26-18-16-25(17-19-26)24(20-8-4-2-5-9-20)21-10-6-3-7-11-21/h2-15,24H,16-19H2,1H3/p+1. The third kappa shape index (κ3) is 4.47. The number of benzene rings is 3. The molecule has 156 valence electrons. The van der Waals surface area contributed by atoms with Gasteiger partial charge in [-0.05, 0) is 30.5 Å². The summed E-state index contributed by atoms with van der Waals surface area (Å²) in [6.07, 6.45) is 1.99. The summed E-state index contributed by atoms with van der Waals surface area (Å²) in [6.45, 7) is 2.60. The van der Waals surface area contributed by atoms with Crippen molar-refractivity contribution in [3.63, 3.8) is 0 Å². The van der Waals surface area contributed by atoms with Crippen LogP contribution in [0, 0.1) is 0 Å². The highest BCUT2D eigenvalue weighted by Crippen LogP contribution is 2.22. The molecule has 0 unspecified atom stereocenters. The van der Waals surface area contributed by atoms with Crippen molar-refractivity contribution in [1.29, 1.82) is 0 Å². The number of nitrogens with zero attached hydrogens (tertiary/aromatic N) is 1. The Kier molecular flexibility index (Phi) is 6.58. The summed E-state index contributed by atoms with van der Waals surface area (Å²) in [5.41, 5.74) is 2.53. The zero-order valence-corrected chi connectivity index (χ0v) is 18.7. The van der Waals surface area contributed by atoms with Crippen LogP contribution in [0.1, 0.15) is 17.2 Å². The lowest BCUT2D eigenvalue weighted by atomic mass is 9.96. The predicted octanol–water partition coefficient (Wildman–Crippen LogP) is 3.09. The molecular formula is C24H27N2O2S2+. The van der Waals surface area contributed by atoms with E-state index in [1.165, 1.54) is 16.0 Å². The van der Waals surface area contributed by atoms with E-state index in [4.69, 9.17) is 0 Å². The van der Waals surface area contributed by atoms with Crippen molar-refractivity contribution in [2.24, 2.45) is 0 Å². The van der Waals surface area contributed by atoms with Crippen LogP contribution in [-0.4, -0.2) is 45.2 Å². The first-order valence-electron chi connectivity index (χ1n) is 10.2. The molecule has 0 aliphatic carbocycles. The van der Waals surface area contributed by atoms with Crippen LogP contribution in [0.3, 0.4) is 0 Å². The van der Waals surface area contributed by atoms with Crippen molar-refractivity contribution in [3.05, 3.63) is 96.1 Å². The second-order valence-electron chi connectivity index (χ2n) is 7.49. The molecule has 1 heterocycles. The second kappa shape index (κ2) is 9.35. The van der Waals surface area contributed by atoms with Gasteiger partial charge < -0.3 is 4.90 Å². The molecule has 6 heteroatoms. The largest absolute Gasteiger partial charge is 0.323 e. The molecule has 1 aliphatic heterocycles. The Morgan fingerprint density at radius 3 is 1.77 bits per heavy atom. The van der Waals surface area contributed by atoms with E-state index in [0.29, 0.717) is 18.0 Å². The molecular weight excluding hydrogens is 412 g/mol. The summed E-state index contributed by atoms with van der Waals surface area (Å²) < 4.78 is 27.9. The van der Waals surface area contributed by atoms with Crippen molar-refractivity contribution >= 4 is 21.8 Å². The Hall–Kier alpha value is -2.12. The maximum absolute atomic E-state index is 13.1. The minimum atomic E-state index is -3.45. The van der Waals surface area contributed by atoms with Gasteiger partial charge in [0.1, 0.15) is 6.04 Å². The molecule has 0 radical (unpaired) electrons. The molecule has 4 rings (SSSR count). The number of quaternary nitrogens is 1. The highest BCUT2D eigenvalue weighted by molar-refractivity contribution is 7.98. The maximum Gasteiger partial charge on any atom is 0.243 e. The van der Waals surface area contributed by atoms with Gasteiger partial charge in [0.2, 0.25) is 10.0 Å². The summed E-state index contributed by atoms with van der Waals surface area (Å²) in [6, 6.07) is 28.4. The van der Waals surface area contributed by atoms with Gasteiger partial charge in [-0.15, -0.1) is 11.8 Å². The summed E-state index contributed by atoms with van der Waals surface area (Å²) >= 11 is 1.61. The predicted molar refractivity (Wildman–Crippen MR) is 122 cm³/mol. The Balaban J connectivity index is 1.53. The quantitative estimate of drug-likeness (QED) is 0.600. The van der Waals surface area contributed by atoms with E-state index in [9.17, 15) is 8.42 Å². The average Bonchev–Trinajstić information content (AvgIpc) is 2.81. The first-order chi connectivity index (χ1) is 14.6. The normalized spacial score (nSPS) is 16.1. The van der Waals surface area contributed by atoms with Crippen LogP contribution in [-0.2, 0) is 10.0 Å². The second-order valence-corrected chi connectivity index (χ2v) is 10.3. The van der Waals surface area contributed by atoms with Crippen molar-refractivity contribution in [3.8, 4) is 0 Å². The van der Waals surface area contributed by atoms with E-state index in [1.54, 1.807) is 28.2 Å². The summed E-state index contributed by atoms with van der Waals surface area (Å²) in [5.74, 6) is 0. The number of hydrogen-bond acceptors (Lipinski definition) is 3. The Labute approximate surface area is 183 Å². The van der Waals surface area contributed by atoms with Gasteiger partial charge in [-0.1, -0.05) is 60.7 Å². The molecule has 1 aliphatic rings. The van der Waals surface area contributed by atoms with E-state index >= 15 is 0 Å². The van der Waals surface area contributed by atoms with Gasteiger partial charge in [-0.2, -0.15) is 4.31 Å². The van der Waals surface area contributed by atoms with Crippen molar-refractivity contribution < 1.29 is 13.3 Å². The number of piperazine rings is 1. The lowest BCUT2D eigenvalue weighted by Crippen LogP contribution is -3.15. The molecule has 1 saturated heterocycles. The van der Waals surface area contributed by atoms with Crippen LogP contribution in [0.25, 0.3) is 0 Å². The van der Waals surface area contributed by atoms with Crippen LogP contribution >= 0.6 is 11.8 Å². The molecule has 30 heavy (non-hydrogen) atoms. The van der Waals surface area contributed by atoms with Gasteiger partial charge in [0.05, 0.1) is 31.1 Å². The highest BCUT2D eigenvalue weighted by atomic mass is 32.2. The number of nitrogens with one attached hydrogen (secondary N) is 1. The summed E-state index contributed by atoms with van der Waals surface area (Å²) in [7, 11) is -3.45. The van der Waals surface area contributed by atoms with E-state index in [2.05, 4.69) is 48.5 Å². The molecule has 1 N–H and O–H groups in total. The molecule has 1 fully saturated rings. The zero-order valence-electron chi connectivity index (χ0n) is 17.1. The van der Waals surface area contributed by atoms with E-state index in [-0.39, 0.29) is 6.04 Å². The van der Waals surface area contributed by atoms with Crippen LogP contribution < -0.4 is 4.90 Å². The van der Waals surface area contributed by atoms with Crippen LogP contribution in [0.5, 0.6) is 0 Å². The number of hydrogen-bond donors (Lipinski definition) is 1. The topological polar surface area (TPSA) is 41.8 Å². The highest BCUT2D eigenvalue weighted by Gasteiger charge is 2.34. The average molecular weight is 440 g/mol. The SMILES string of the molecule is CSc1ccc(S(=O)(=O)N2CC[NH+](C(c3ccccc3)c3ccccc3)CC2)cc1. The molecule has 3 aromatic rings. The lowest BCUT2D eigenvalue weighted by molar-refractivity contribution is -0.929. The number of sulfonamides is 1. The van der Waals surface area contributed by atoms with Crippen molar-refractivity contribution in [2.75, 3.05) is 32.4 Å². The zero-order chi connectivity index (χ0) is 21.0. The third-order valence-corrected chi connectivity index (χ3v) is 8.39. The molecule has 3 aromatic carbocycles. The fourth-order valence-electron chi connectivity index (χ4n) is 4.15. The lowest BCUT2D eigenvalue weighted by Gasteiger charge is -2.36. The van der Waals surface area contributed by atoms with E-state index in [1.807, 2.05) is 30.5 Å². The number of rotatable bonds is 6. The van der Waals surface area contributed by atoms with Gasteiger partial charge >= 0.3 is 0 Å². The Morgan fingerprint density at radius 2 is 1.30 bits per heavy atom. The maximum atomic E-state index is 13.1. The molecule has 4 nitrogen and oxygen atoms in total. The third-order valence-electron chi connectivity index (χ3n) is 5.74. The van der Waals surface area contributed by atoms with Crippen molar-refractivity contribution in [1.82, 2.24) is 4.31 Å². The fourth-order valence-corrected chi connectivity index (χ4v) is 6.00. The molecule has 0 spiro atoms. The molecule has 0 atom stereocenters. The molecule has 0 bridgehead atoms. The van der Waals surface area contributed by atoms with Gasteiger partial charge in [-0.3, -0.25) is 0 Å². The monoisotopic (exact) mass is 439 g/mol. The van der Waals surface area contributed by atoms with Crippen LogP contribution in [0.15, 0.2) is 94.7 Å². The van der Waals surface area contributed by atoms with Crippen LogP contribution in [0.4, 0.5) is 0 Å². The fraction of sp³-hybridized carbons (Fsp3) is 0.250. The van der Waals surface area contributed by atoms with E-state index in [0.717, 1.165) is 18.0 Å². The van der Waals surface area contributed by atoms with E-state index < -0.39 is 10.0 Å². The Morgan fingerprint density at radius 1 is 0.800 bits per heavy atom. The van der Waals surface area contributed by atoms with Crippen molar-refractivity contribution in [2.45, 2.75) is 15.8 Å². The van der Waals surface area contributed by atoms with Gasteiger partial charge in [0.15, 0.2) is 0 Å². The first kappa shape index (κ1) is 21.1. The first-order valence-corrected chi connectivity index (χ1v) is 12.8.